The minimum absolute atomic E-state index is 0.0312. The Hall–Kier alpha value is -2.18. The average Bonchev–Trinajstić information content (AvgIpc) is 2.76. The normalized spacial score (nSPS) is 23.3. The summed E-state index contributed by atoms with van der Waals surface area (Å²) < 4.78 is 0.896. The second-order valence-electron chi connectivity index (χ2n) is 8.95. The predicted molar refractivity (Wildman–Crippen MR) is 125 cm³/mol. The summed E-state index contributed by atoms with van der Waals surface area (Å²) in [6.45, 7) is 8.78. The van der Waals surface area contributed by atoms with Crippen molar-refractivity contribution < 1.29 is 9.59 Å². The molecule has 0 bridgehead atoms. The first-order valence-corrected chi connectivity index (χ1v) is 11.2. The van der Waals surface area contributed by atoms with Crippen LogP contribution in [0.2, 0.25) is 0 Å². The van der Waals surface area contributed by atoms with E-state index in [9.17, 15) is 9.59 Å². The van der Waals surface area contributed by atoms with E-state index in [4.69, 9.17) is 0 Å². The van der Waals surface area contributed by atoms with Crippen LogP contribution in [0.15, 0.2) is 53.0 Å². The van der Waals surface area contributed by atoms with E-state index in [-0.39, 0.29) is 23.4 Å². The van der Waals surface area contributed by atoms with Gasteiger partial charge in [0.05, 0.1) is 0 Å². The number of halogens is 1. The van der Waals surface area contributed by atoms with E-state index in [1.807, 2.05) is 24.3 Å². The van der Waals surface area contributed by atoms with Crippen LogP contribution in [-0.2, 0) is 0 Å². The number of hydrogen-bond acceptors (Lipinski definition) is 3. The Morgan fingerprint density at radius 1 is 1.03 bits per heavy atom. The van der Waals surface area contributed by atoms with E-state index in [1.165, 1.54) is 0 Å². The van der Waals surface area contributed by atoms with Crippen molar-refractivity contribution in [3.8, 4) is 0 Å². The quantitative estimate of drug-likeness (QED) is 0.588. The van der Waals surface area contributed by atoms with Crippen LogP contribution in [0.5, 0.6) is 0 Å². The summed E-state index contributed by atoms with van der Waals surface area (Å²) in [6, 6.07) is 14.7. The van der Waals surface area contributed by atoms with Gasteiger partial charge in [-0.25, -0.2) is 0 Å². The molecule has 0 aliphatic carbocycles. The van der Waals surface area contributed by atoms with Gasteiger partial charge in [0.1, 0.15) is 0 Å². The molecule has 1 aliphatic heterocycles. The highest BCUT2D eigenvalue weighted by molar-refractivity contribution is 9.10. The van der Waals surface area contributed by atoms with Crippen molar-refractivity contribution in [2.75, 3.05) is 5.32 Å². The van der Waals surface area contributed by atoms with Gasteiger partial charge in [-0.1, -0.05) is 28.9 Å². The highest BCUT2D eigenvalue weighted by Gasteiger charge is 2.33. The van der Waals surface area contributed by atoms with Gasteiger partial charge in [0.15, 0.2) is 0 Å². The number of carbonyl (C=O) groups is 2. The number of amides is 2. The number of benzene rings is 2. The minimum Gasteiger partial charge on any atom is -0.349 e. The molecular formula is C24H30BrN3O2. The van der Waals surface area contributed by atoms with E-state index < -0.39 is 0 Å². The first kappa shape index (κ1) is 22.5. The highest BCUT2D eigenvalue weighted by atomic mass is 79.9. The maximum absolute atomic E-state index is 12.8. The van der Waals surface area contributed by atoms with E-state index in [0.29, 0.717) is 28.8 Å². The molecule has 0 spiro atoms. The van der Waals surface area contributed by atoms with Crippen molar-refractivity contribution in [1.82, 2.24) is 10.6 Å². The fourth-order valence-electron chi connectivity index (χ4n) is 4.09. The van der Waals surface area contributed by atoms with Crippen LogP contribution in [0.4, 0.5) is 5.69 Å². The van der Waals surface area contributed by atoms with Crippen LogP contribution >= 0.6 is 15.9 Å². The molecule has 2 aromatic rings. The molecule has 160 valence electrons. The number of carbonyl (C=O) groups excluding carboxylic acids is 2. The highest BCUT2D eigenvalue weighted by Crippen LogP contribution is 2.25. The molecule has 0 radical (unpaired) electrons. The van der Waals surface area contributed by atoms with Gasteiger partial charge in [0.2, 0.25) is 0 Å². The van der Waals surface area contributed by atoms with Gasteiger partial charge >= 0.3 is 0 Å². The fraction of sp³-hybridized carbons (Fsp3) is 0.417. The summed E-state index contributed by atoms with van der Waals surface area (Å²) in [7, 11) is 0. The van der Waals surface area contributed by atoms with Crippen LogP contribution in [0.3, 0.4) is 0 Å². The van der Waals surface area contributed by atoms with Crippen LogP contribution in [0.1, 0.15) is 61.3 Å². The number of anilines is 1. The topological polar surface area (TPSA) is 70.2 Å². The fourth-order valence-corrected chi connectivity index (χ4v) is 4.49. The molecule has 2 aromatic carbocycles. The third-order valence-corrected chi connectivity index (χ3v) is 6.21. The summed E-state index contributed by atoms with van der Waals surface area (Å²) in [5.74, 6) is 0.164. The summed E-state index contributed by atoms with van der Waals surface area (Å²) in [4.78, 5) is 25.3. The molecule has 6 heteroatoms. The van der Waals surface area contributed by atoms with Crippen molar-refractivity contribution in [2.24, 2.45) is 5.92 Å². The third kappa shape index (κ3) is 5.92. The zero-order chi connectivity index (χ0) is 21.9. The van der Waals surface area contributed by atoms with Gasteiger partial charge in [-0.05, 0) is 82.0 Å². The molecule has 0 saturated carbocycles. The zero-order valence-corrected chi connectivity index (χ0v) is 19.5. The molecule has 1 fully saturated rings. The lowest BCUT2D eigenvalue weighted by Gasteiger charge is -2.30. The summed E-state index contributed by atoms with van der Waals surface area (Å²) in [5.41, 5.74) is 1.75. The Morgan fingerprint density at radius 2 is 1.67 bits per heavy atom. The van der Waals surface area contributed by atoms with Crippen molar-refractivity contribution >= 4 is 33.4 Å². The Bertz CT molecular complexity index is 911. The van der Waals surface area contributed by atoms with Crippen molar-refractivity contribution in [2.45, 2.75) is 58.2 Å². The van der Waals surface area contributed by atoms with E-state index in [0.717, 1.165) is 17.3 Å². The van der Waals surface area contributed by atoms with Gasteiger partial charge in [-0.2, -0.15) is 0 Å². The lowest BCUT2D eigenvalue weighted by molar-refractivity contribution is 0.0926. The Balaban J connectivity index is 1.64. The van der Waals surface area contributed by atoms with Crippen LogP contribution in [0, 0.1) is 5.92 Å². The van der Waals surface area contributed by atoms with Crippen molar-refractivity contribution in [3.63, 3.8) is 0 Å². The van der Waals surface area contributed by atoms with Gasteiger partial charge in [-0.15, -0.1) is 0 Å². The van der Waals surface area contributed by atoms with Crippen molar-refractivity contribution in [1.29, 1.82) is 0 Å². The largest absolute Gasteiger partial charge is 0.349 e. The smallest absolute Gasteiger partial charge is 0.255 e. The maximum Gasteiger partial charge on any atom is 0.255 e. The maximum atomic E-state index is 12.8. The van der Waals surface area contributed by atoms with Gasteiger partial charge in [0, 0.05) is 38.9 Å². The minimum atomic E-state index is -0.209. The molecule has 3 N–H and O–H groups in total. The number of hydrogen-bond donors (Lipinski definition) is 3. The molecule has 2 amide bonds. The standard InChI is InChI=1S/C24H30BrN3O2/c1-15-12-21(14-24(3,4)28-16(15)2)27-23(30)18-10-8-17(9-11-18)22(29)26-20-7-5-6-19(25)13-20/h5-11,13,15-16,21,28H,12,14H2,1-4H3,(H,26,29)(H,27,30). The average molecular weight is 472 g/mol. The van der Waals surface area contributed by atoms with E-state index in [2.05, 4.69) is 59.6 Å². The SMILES string of the molecule is CC1CC(NC(=O)c2ccc(C(=O)Nc3cccc(Br)c3)cc2)CC(C)(C)NC1C. The summed E-state index contributed by atoms with van der Waals surface area (Å²) in [5, 5.41) is 9.71. The Labute approximate surface area is 187 Å². The molecule has 3 atom stereocenters. The molecule has 1 aliphatic rings. The van der Waals surface area contributed by atoms with E-state index in [1.54, 1.807) is 24.3 Å². The second-order valence-corrected chi connectivity index (χ2v) is 9.86. The third-order valence-electron chi connectivity index (χ3n) is 5.71. The molecule has 3 rings (SSSR count). The first-order valence-electron chi connectivity index (χ1n) is 10.4. The second kappa shape index (κ2) is 9.31. The van der Waals surface area contributed by atoms with Crippen LogP contribution in [-0.4, -0.2) is 29.4 Å². The van der Waals surface area contributed by atoms with Crippen molar-refractivity contribution in [3.05, 3.63) is 64.1 Å². The monoisotopic (exact) mass is 471 g/mol. The summed E-state index contributed by atoms with van der Waals surface area (Å²) in [6.07, 6.45) is 1.82. The molecule has 3 unspecified atom stereocenters. The Kier molecular flexibility index (Phi) is 6.98. The number of rotatable bonds is 4. The Morgan fingerprint density at radius 3 is 2.30 bits per heavy atom. The molecule has 30 heavy (non-hydrogen) atoms. The van der Waals surface area contributed by atoms with Gasteiger partial charge < -0.3 is 16.0 Å². The zero-order valence-electron chi connectivity index (χ0n) is 18.0. The molecule has 1 heterocycles. The molecule has 5 nitrogen and oxygen atoms in total. The van der Waals surface area contributed by atoms with Crippen LogP contribution < -0.4 is 16.0 Å². The van der Waals surface area contributed by atoms with Crippen LogP contribution in [0.25, 0.3) is 0 Å². The lowest BCUT2D eigenvalue weighted by atomic mass is 9.92. The molecule has 0 aromatic heterocycles. The van der Waals surface area contributed by atoms with Gasteiger partial charge in [-0.3, -0.25) is 9.59 Å². The predicted octanol–water partition coefficient (Wildman–Crippen LogP) is 4.99. The molecular weight excluding hydrogens is 442 g/mol. The lowest BCUT2D eigenvalue weighted by Crippen LogP contribution is -2.47. The molecule has 1 saturated heterocycles. The number of nitrogens with one attached hydrogen (secondary N) is 3. The first-order chi connectivity index (χ1) is 14.1. The van der Waals surface area contributed by atoms with Gasteiger partial charge in [0.25, 0.3) is 11.8 Å². The summed E-state index contributed by atoms with van der Waals surface area (Å²) >= 11 is 3.39. The van der Waals surface area contributed by atoms with E-state index >= 15 is 0 Å².